The monoisotopic (exact) mass is 228 g/mol. The number of rotatable bonds is 2. The van der Waals surface area contributed by atoms with Crippen LogP contribution >= 0.6 is 0 Å². The van der Waals surface area contributed by atoms with E-state index in [1.165, 1.54) is 0 Å². The zero-order chi connectivity index (χ0) is 11.4. The van der Waals surface area contributed by atoms with Crippen LogP contribution in [0.4, 0.5) is 0 Å². The van der Waals surface area contributed by atoms with Crippen LogP contribution in [-0.2, 0) is 14.3 Å². The van der Waals surface area contributed by atoms with Gasteiger partial charge < -0.3 is 19.7 Å². The predicted octanol–water partition coefficient (Wildman–Crippen LogP) is -0.388. The van der Waals surface area contributed by atoms with Gasteiger partial charge in [-0.2, -0.15) is 0 Å². The van der Waals surface area contributed by atoms with Gasteiger partial charge in [0.05, 0.1) is 12.7 Å². The molecule has 5 nitrogen and oxygen atoms in total. The molecule has 2 fully saturated rings. The quantitative estimate of drug-likeness (QED) is 0.699. The predicted molar refractivity (Wildman–Crippen MR) is 59.2 cm³/mol. The lowest BCUT2D eigenvalue weighted by atomic mass is 10.1. The van der Waals surface area contributed by atoms with E-state index in [9.17, 15) is 4.79 Å². The Balaban J connectivity index is 1.87. The molecule has 0 saturated carbocycles. The first-order chi connectivity index (χ1) is 7.81. The van der Waals surface area contributed by atoms with Gasteiger partial charge in [-0.1, -0.05) is 0 Å². The Morgan fingerprint density at radius 1 is 1.56 bits per heavy atom. The van der Waals surface area contributed by atoms with Crippen LogP contribution in [0.3, 0.4) is 0 Å². The molecule has 16 heavy (non-hydrogen) atoms. The minimum absolute atomic E-state index is 0.106. The van der Waals surface area contributed by atoms with Gasteiger partial charge >= 0.3 is 0 Å². The summed E-state index contributed by atoms with van der Waals surface area (Å²) in [6.07, 6.45) is 1.95. The van der Waals surface area contributed by atoms with Gasteiger partial charge in [-0.05, 0) is 12.8 Å². The summed E-state index contributed by atoms with van der Waals surface area (Å²) in [5.41, 5.74) is 0. The third-order valence-corrected chi connectivity index (χ3v) is 3.23. The van der Waals surface area contributed by atoms with Gasteiger partial charge in [0.2, 0.25) is 0 Å². The molecule has 0 aromatic carbocycles. The van der Waals surface area contributed by atoms with Crippen molar-refractivity contribution in [1.82, 2.24) is 10.2 Å². The largest absolute Gasteiger partial charge is 0.380 e. The highest BCUT2D eigenvalue weighted by Gasteiger charge is 2.30. The SMILES string of the molecule is COC1CCCN(C(=O)C2CNCCO2)C1. The molecule has 0 aromatic rings. The number of likely N-dealkylation sites (tertiary alicyclic amines) is 1. The standard InChI is InChI=1S/C11H20N2O3/c1-15-9-3-2-5-13(8-9)11(14)10-7-12-4-6-16-10/h9-10,12H,2-8H2,1H3. The first-order valence-corrected chi connectivity index (χ1v) is 5.95. The van der Waals surface area contributed by atoms with E-state index >= 15 is 0 Å². The Hall–Kier alpha value is -0.650. The zero-order valence-corrected chi connectivity index (χ0v) is 9.78. The molecule has 2 heterocycles. The fourth-order valence-corrected chi connectivity index (χ4v) is 2.26. The molecule has 0 spiro atoms. The fourth-order valence-electron chi connectivity index (χ4n) is 2.26. The van der Waals surface area contributed by atoms with E-state index in [-0.39, 0.29) is 18.1 Å². The van der Waals surface area contributed by atoms with Crippen LogP contribution in [0.25, 0.3) is 0 Å². The van der Waals surface area contributed by atoms with Crippen LogP contribution in [0.15, 0.2) is 0 Å². The molecule has 0 aliphatic carbocycles. The lowest BCUT2D eigenvalue weighted by Crippen LogP contribution is -2.52. The lowest BCUT2D eigenvalue weighted by Gasteiger charge is -2.35. The maximum atomic E-state index is 12.1. The second kappa shape index (κ2) is 5.61. The van der Waals surface area contributed by atoms with E-state index in [0.29, 0.717) is 19.7 Å². The number of morpholine rings is 1. The van der Waals surface area contributed by atoms with Crippen LogP contribution in [0.5, 0.6) is 0 Å². The third-order valence-electron chi connectivity index (χ3n) is 3.23. The second-order valence-electron chi connectivity index (χ2n) is 4.35. The molecule has 2 atom stereocenters. The Morgan fingerprint density at radius 2 is 2.44 bits per heavy atom. The molecule has 1 amide bonds. The number of amides is 1. The van der Waals surface area contributed by atoms with Crippen molar-refractivity contribution in [3.8, 4) is 0 Å². The summed E-state index contributed by atoms with van der Waals surface area (Å²) in [6.45, 7) is 3.63. The average molecular weight is 228 g/mol. The number of hydrogen-bond acceptors (Lipinski definition) is 4. The minimum Gasteiger partial charge on any atom is -0.380 e. The van der Waals surface area contributed by atoms with Crippen LogP contribution in [0.1, 0.15) is 12.8 Å². The Kier molecular flexibility index (Phi) is 4.15. The molecule has 0 aromatic heterocycles. The summed E-state index contributed by atoms with van der Waals surface area (Å²) in [7, 11) is 1.71. The number of carbonyl (C=O) groups excluding carboxylic acids is 1. The van der Waals surface area contributed by atoms with Crippen LogP contribution < -0.4 is 5.32 Å². The highest BCUT2D eigenvalue weighted by atomic mass is 16.5. The number of hydrogen-bond donors (Lipinski definition) is 1. The van der Waals surface area contributed by atoms with Crippen molar-refractivity contribution < 1.29 is 14.3 Å². The summed E-state index contributed by atoms with van der Waals surface area (Å²) in [4.78, 5) is 14.0. The highest BCUT2D eigenvalue weighted by molar-refractivity contribution is 5.81. The smallest absolute Gasteiger partial charge is 0.253 e. The van der Waals surface area contributed by atoms with Gasteiger partial charge in [-0.3, -0.25) is 4.79 Å². The maximum Gasteiger partial charge on any atom is 0.253 e. The van der Waals surface area contributed by atoms with Crippen molar-refractivity contribution in [2.75, 3.05) is 39.9 Å². The number of methoxy groups -OCH3 is 1. The number of carbonyl (C=O) groups is 1. The fraction of sp³-hybridized carbons (Fsp3) is 0.909. The van der Waals surface area contributed by atoms with Gasteiger partial charge in [0.25, 0.3) is 5.91 Å². The maximum absolute atomic E-state index is 12.1. The van der Waals surface area contributed by atoms with Crippen LogP contribution in [0, 0.1) is 0 Å². The second-order valence-corrected chi connectivity index (χ2v) is 4.35. The Bertz CT molecular complexity index is 241. The van der Waals surface area contributed by atoms with Gasteiger partial charge in [0.1, 0.15) is 6.10 Å². The normalized spacial score (nSPS) is 31.4. The molecule has 5 heteroatoms. The summed E-state index contributed by atoms with van der Waals surface area (Å²) >= 11 is 0. The van der Waals surface area contributed by atoms with Gasteiger partial charge in [0.15, 0.2) is 0 Å². The minimum atomic E-state index is -0.302. The summed E-state index contributed by atoms with van der Waals surface area (Å²) in [5, 5.41) is 3.18. The third kappa shape index (κ3) is 2.72. The summed E-state index contributed by atoms with van der Waals surface area (Å²) in [6, 6.07) is 0. The Labute approximate surface area is 96.1 Å². The molecule has 1 N–H and O–H groups in total. The topological polar surface area (TPSA) is 50.8 Å². The molecule has 2 rings (SSSR count). The molecule has 2 aliphatic rings. The van der Waals surface area contributed by atoms with Crippen molar-refractivity contribution in [2.24, 2.45) is 0 Å². The van der Waals surface area contributed by atoms with Crippen LogP contribution in [-0.4, -0.2) is 62.9 Å². The van der Waals surface area contributed by atoms with Gasteiger partial charge in [-0.15, -0.1) is 0 Å². The number of nitrogens with one attached hydrogen (secondary N) is 1. The highest BCUT2D eigenvalue weighted by Crippen LogP contribution is 2.14. The molecule has 0 bridgehead atoms. The van der Waals surface area contributed by atoms with E-state index in [2.05, 4.69) is 5.32 Å². The zero-order valence-electron chi connectivity index (χ0n) is 9.78. The molecule has 2 aliphatic heterocycles. The van der Waals surface area contributed by atoms with E-state index in [1.807, 2.05) is 4.90 Å². The van der Waals surface area contributed by atoms with E-state index < -0.39 is 0 Å². The van der Waals surface area contributed by atoms with Crippen molar-refractivity contribution in [3.05, 3.63) is 0 Å². The first-order valence-electron chi connectivity index (χ1n) is 5.95. The Morgan fingerprint density at radius 3 is 3.12 bits per heavy atom. The summed E-state index contributed by atoms with van der Waals surface area (Å²) < 4.78 is 10.8. The lowest BCUT2D eigenvalue weighted by molar-refractivity contribution is -0.148. The number of piperidine rings is 1. The van der Waals surface area contributed by atoms with Crippen LogP contribution in [0.2, 0.25) is 0 Å². The van der Waals surface area contributed by atoms with Crippen molar-refractivity contribution >= 4 is 5.91 Å². The van der Waals surface area contributed by atoms with Gasteiger partial charge in [-0.25, -0.2) is 0 Å². The van der Waals surface area contributed by atoms with Crippen molar-refractivity contribution in [3.63, 3.8) is 0 Å². The van der Waals surface area contributed by atoms with E-state index in [1.54, 1.807) is 7.11 Å². The molecular weight excluding hydrogens is 208 g/mol. The van der Waals surface area contributed by atoms with Crippen molar-refractivity contribution in [1.29, 1.82) is 0 Å². The molecule has 92 valence electrons. The molecule has 0 radical (unpaired) electrons. The molecule has 2 unspecified atom stereocenters. The first kappa shape index (κ1) is 11.8. The number of nitrogens with zero attached hydrogens (tertiary/aromatic N) is 1. The average Bonchev–Trinajstić information content (AvgIpc) is 2.39. The van der Waals surface area contributed by atoms with Crippen molar-refractivity contribution in [2.45, 2.75) is 25.0 Å². The molecule has 2 saturated heterocycles. The number of ether oxygens (including phenoxy) is 2. The van der Waals surface area contributed by atoms with Gasteiger partial charge in [0, 0.05) is 33.3 Å². The van der Waals surface area contributed by atoms with E-state index in [0.717, 1.165) is 25.9 Å². The van der Waals surface area contributed by atoms with E-state index in [4.69, 9.17) is 9.47 Å². The molecular formula is C11H20N2O3. The summed E-state index contributed by atoms with van der Waals surface area (Å²) in [5.74, 6) is 0.106.